The van der Waals surface area contributed by atoms with Crippen molar-refractivity contribution in [3.8, 4) is 0 Å². The molecule has 1 atom stereocenters. The van der Waals surface area contributed by atoms with Crippen LogP contribution in [0.25, 0.3) is 0 Å². The Bertz CT molecular complexity index is 72.8. The lowest BCUT2D eigenvalue weighted by atomic mass is 10.8. The Morgan fingerprint density at radius 3 is 1.88 bits per heavy atom. The molecule has 1 unspecified atom stereocenters. The van der Waals surface area contributed by atoms with E-state index in [2.05, 4.69) is 13.1 Å². The summed E-state index contributed by atoms with van der Waals surface area (Å²) in [5.41, 5.74) is 5.85. The van der Waals surface area contributed by atoms with Crippen LogP contribution in [0.15, 0.2) is 0 Å². The molecule has 0 fully saturated rings. The lowest BCUT2D eigenvalue weighted by Gasteiger charge is -2.23. The van der Waals surface area contributed by atoms with Crippen LogP contribution in [0, 0.1) is 0 Å². The largest absolute Gasteiger partial charge is 0.419 e. The van der Waals surface area contributed by atoms with E-state index in [-0.39, 0.29) is 5.67 Å². The molecular weight excluding hydrogens is 118 g/mol. The first-order valence-electron chi connectivity index (χ1n) is 2.81. The standard InChI is InChI=1S/C5H15NOSi/c1-5(6)8(3,4)7-2/h5H,6H2,1-4H3. The van der Waals surface area contributed by atoms with E-state index < -0.39 is 8.32 Å². The van der Waals surface area contributed by atoms with Crippen LogP contribution in [0.5, 0.6) is 0 Å². The summed E-state index contributed by atoms with van der Waals surface area (Å²) >= 11 is 0. The van der Waals surface area contributed by atoms with E-state index in [1.165, 1.54) is 0 Å². The van der Waals surface area contributed by atoms with Crippen LogP contribution in [0.3, 0.4) is 0 Å². The molecule has 0 spiro atoms. The molecular formula is C5H15NOSi. The van der Waals surface area contributed by atoms with E-state index in [1.807, 2.05) is 6.92 Å². The van der Waals surface area contributed by atoms with Crippen LogP contribution >= 0.6 is 0 Å². The summed E-state index contributed by atoms with van der Waals surface area (Å²) in [4.78, 5) is 0. The predicted octanol–water partition coefficient (Wildman–Crippen LogP) is 0.724. The summed E-state index contributed by atoms with van der Waals surface area (Å²) in [6.07, 6.45) is 0. The molecule has 0 aromatic rings. The van der Waals surface area contributed by atoms with Crippen LogP contribution in [-0.4, -0.2) is 21.1 Å². The molecule has 0 aromatic heterocycles. The molecule has 0 aliphatic heterocycles. The SMILES string of the molecule is CO[Si](C)(C)C(C)N. The minimum absolute atomic E-state index is 0.229. The van der Waals surface area contributed by atoms with Gasteiger partial charge in [0.15, 0.2) is 0 Å². The smallest absolute Gasteiger partial charge is 0.202 e. The van der Waals surface area contributed by atoms with Crippen molar-refractivity contribution in [2.75, 3.05) is 7.11 Å². The van der Waals surface area contributed by atoms with Gasteiger partial charge in [-0.1, -0.05) is 6.92 Å². The summed E-state index contributed by atoms with van der Waals surface area (Å²) in [5, 5.41) is 0. The average molecular weight is 133 g/mol. The number of hydrogen-bond acceptors (Lipinski definition) is 2. The molecule has 2 N–H and O–H groups in total. The monoisotopic (exact) mass is 133 g/mol. The van der Waals surface area contributed by atoms with Gasteiger partial charge in [0.05, 0.1) is 0 Å². The van der Waals surface area contributed by atoms with Crippen molar-refractivity contribution < 1.29 is 4.43 Å². The number of nitrogens with two attached hydrogens (primary N) is 1. The van der Waals surface area contributed by atoms with E-state index in [0.717, 1.165) is 0 Å². The van der Waals surface area contributed by atoms with E-state index in [9.17, 15) is 0 Å². The van der Waals surface area contributed by atoms with E-state index in [4.69, 9.17) is 10.2 Å². The Hall–Kier alpha value is 0.137. The van der Waals surface area contributed by atoms with Gasteiger partial charge in [-0.05, 0) is 13.1 Å². The van der Waals surface area contributed by atoms with Crippen LogP contribution in [0.1, 0.15) is 6.92 Å². The van der Waals surface area contributed by atoms with Gasteiger partial charge in [-0.15, -0.1) is 0 Å². The van der Waals surface area contributed by atoms with Crippen molar-refractivity contribution in [3.05, 3.63) is 0 Å². The molecule has 0 saturated carbocycles. The minimum Gasteiger partial charge on any atom is -0.419 e. The minimum atomic E-state index is -1.48. The molecule has 0 rings (SSSR count). The van der Waals surface area contributed by atoms with Crippen molar-refractivity contribution in [2.24, 2.45) is 5.73 Å². The van der Waals surface area contributed by atoms with Gasteiger partial charge in [-0.2, -0.15) is 0 Å². The third-order valence-corrected chi connectivity index (χ3v) is 4.87. The maximum Gasteiger partial charge on any atom is 0.202 e. The van der Waals surface area contributed by atoms with Crippen LogP contribution < -0.4 is 5.73 Å². The van der Waals surface area contributed by atoms with E-state index in [0.29, 0.717) is 0 Å². The number of rotatable bonds is 2. The highest BCUT2D eigenvalue weighted by molar-refractivity contribution is 6.72. The molecule has 0 aromatic carbocycles. The van der Waals surface area contributed by atoms with Gasteiger partial charge in [-0.25, -0.2) is 0 Å². The van der Waals surface area contributed by atoms with Crippen molar-refractivity contribution in [3.63, 3.8) is 0 Å². The second kappa shape index (κ2) is 2.62. The first kappa shape index (κ1) is 8.14. The fraction of sp³-hybridized carbons (Fsp3) is 1.00. The third-order valence-electron chi connectivity index (χ3n) is 1.62. The third kappa shape index (κ3) is 1.94. The van der Waals surface area contributed by atoms with Crippen molar-refractivity contribution in [1.82, 2.24) is 0 Å². The van der Waals surface area contributed by atoms with Gasteiger partial charge < -0.3 is 10.2 Å². The molecule has 0 heterocycles. The second-order valence-corrected chi connectivity index (χ2v) is 7.12. The summed E-state index contributed by atoms with van der Waals surface area (Å²) in [5.74, 6) is 0. The molecule has 0 saturated heterocycles. The highest BCUT2D eigenvalue weighted by Crippen LogP contribution is 2.04. The van der Waals surface area contributed by atoms with Crippen LogP contribution in [-0.2, 0) is 4.43 Å². The van der Waals surface area contributed by atoms with Gasteiger partial charge in [-0.3, -0.25) is 0 Å². The van der Waals surface area contributed by atoms with Gasteiger partial charge in [0.25, 0.3) is 0 Å². The fourth-order valence-electron chi connectivity index (χ4n) is 0.186. The molecule has 0 aliphatic rings. The summed E-state index contributed by atoms with van der Waals surface area (Å²) in [6.45, 7) is 6.21. The summed E-state index contributed by atoms with van der Waals surface area (Å²) < 4.78 is 5.21. The van der Waals surface area contributed by atoms with Gasteiger partial charge in [0.1, 0.15) is 0 Å². The highest BCUT2D eigenvalue weighted by Gasteiger charge is 2.25. The van der Waals surface area contributed by atoms with Crippen molar-refractivity contribution in [2.45, 2.75) is 25.7 Å². The Kier molecular flexibility index (Phi) is 2.66. The molecule has 0 amide bonds. The van der Waals surface area contributed by atoms with Crippen molar-refractivity contribution in [1.29, 1.82) is 0 Å². The molecule has 0 bridgehead atoms. The molecule has 50 valence electrons. The lowest BCUT2D eigenvalue weighted by molar-refractivity contribution is 0.394. The highest BCUT2D eigenvalue weighted by atomic mass is 28.4. The van der Waals surface area contributed by atoms with Gasteiger partial charge >= 0.3 is 0 Å². The second-order valence-electron chi connectivity index (χ2n) is 2.60. The zero-order valence-electron chi connectivity index (χ0n) is 6.06. The average Bonchev–Trinajstić information content (AvgIpc) is 1.67. The topological polar surface area (TPSA) is 35.2 Å². The Labute approximate surface area is 52.2 Å². The molecule has 3 heteroatoms. The Balaban J connectivity index is 3.71. The van der Waals surface area contributed by atoms with E-state index in [1.54, 1.807) is 7.11 Å². The number of hydrogen-bond donors (Lipinski definition) is 1. The lowest BCUT2D eigenvalue weighted by Crippen LogP contribution is -2.47. The predicted molar refractivity (Wildman–Crippen MR) is 38.1 cm³/mol. The van der Waals surface area contributed by atoms with Crippen LogP contribution in [0.4, 0.5) is 0 Å². The normalized spacial score (nSPS) is 16.1. The molecule has 0 radical (unpaired) electrons. The molecule has 0 aliphatic carbocycles. The first-order chi connectivity index (χ1) is 3.50. The van der Waals surface area contributed by atoms with E-state index >= 15 is 0 Å². The van der Waals surface area contributed by atoms with Crippen LogP contribution in [0.2, 0.25) is 13.1 Å². The summed E-state index contributed by atoms with van der Waals surface area (Å²) in [6, 6.07) is 0. The maximum absolute atomic E-state index is 5.62. The zero-order valence-corrected chi connectivity index (χ0v) is 7.06. The first-order valence-corrected chi connectivity index (χ1v) is 5.80. The Morgan fingerprint density at radius 2 is 1.88 bits per heavy atom. The Morgan fingerprint density at radius 1 is 1.50 bits per heavy atom. The van der Waals surface area contributed by atoms with Gasteiger partial charge in [0, 0.05) is 12.8 Å². The fourth-order valence-corrected chi connectivity index (χ4v) is 0.558. The summed E-state index contributed by atoms with van der Waals surface area (Å²) in [7, 11) is 0.255. The molecule has 8 heavy (non-hydrogen) atoms. The molecule has 2 nitrogen and oxygen atoms in total. The quantitative estimate of drug-likeness (QED) is 0.563. The maximum atomic E-state index is 5.62. The van der Waals surface area contributed by atoms with Gasteiger partial charge in [0.2, 0.25) is 8.32 Å². The zero-order chi connectivity index (χ0) is 6.78. The van der Waals surface area contributed by atoms with Crippen molar-refractivity contribution >= 4 is 8.32 Å².